The fourth-order valence-corrected chi connectivity index (χ4v) is 2.20. The molecule has 1 aliphatic rings. The van der Waals surface area contributed by atoms with Crippen LogP contribution in [0.3, 0.4) is 0 Å². The summed E-state index contributed by atoms with van der Waals surface area (Å²) in [6.07, 6.45) is -2.67. The molecule has 1 aromatic rings. The van der Waals surface area contributed by atoms with Gasteiger partial charge in [0.1, 0.15) is 11.7 Å². The first-order valence-corrected chi connectivity index (χ1v) is 6.40. The van der Waals surface area contributed by atoms with Crippen LogP contribution >= 0.6 is 0 Å². The predicted molar refractivity (Wildman–Crippen MR) is 71.4 cm³/mol. The lowest BCUT2D eigenvalue weighted by atomic mass is 9.60. The first-order valence-electron chi connectivity index (χ1n) is 6.40. The molecular weight excluding hydrogens is 328 g/mol. The molecule has 0 saturated heterocycles. The van der Waals surface area contributed by atoms with Crippen molar-refractivity contribution in [3.8, 4) is 5.75 Å². The molecule has 2 atom stereocenters. The maximum Gasteiger partial charge on any atom is 0.207 e. The summed E-state index contributed by atoms with van der Waals surface area (Å²) in [5, 5.41) is 0. The molecule has 0 aliphatic heterocycles. The van der Waals surface area contributed by atoms with Gasteiger partial charge in [0.25, 0.3) is 0 Å². The summed E-state index contributed by atoms with van der Waals surface area (Å²) >= 11 is 0. The fraction of sp³-hybridized carbons (Fsp3) is 0.286. The van der Waals surface area contributed by atoms with Gasteiger partial charge >= 0.3 is 0 Å². The van der Waals surface area contributed by atoms with E-state index in [-0.39, 0.29) is 6.08 Å². The number of hydrogen-bond acceptors (Lipinski definition) is 1. The summed E-state index contributed by atoms with van der Waals surface area (Å²) in [7, 11) is -0.164. The van der Waals surface area contributed by atoms with E-state index in [1.165, 1.54) is 0 Å². The quantitative estimate of drug-likeness (QED) is 0.467. The van der Waals surface area contributed by atoms with E-state index in [9.17, 15) is 30.7 Å². The molecule has 0 fully saturated rings. The smallest absolute Gasteiger partial charge is 0.207 e. The molecule has 1 nitrogen and oxygen atoms in total. The molecule has 0 bridgehead atoms. The second-order valence-corrected chi connectivity index (χ2v) is 5.18. The minimum absolute atomic E-state index is 0.169. The third-order valence-electron chi connectivity index (χ3n) is 3.49. The zero-order chi connectivity index (χ0) is 17.5. The molecule has 0 heterocycles. The lowest BCUT2D eigenvalue weighted by Gasteiger charge is -2.26. The Morgan fingerprint density at radius 3 is 2.30 bits per heavy atom. The van der Waals surface area contributed by atoms with Gasteiger partial charge in [-0.05, 0) is 23.9 Å². The fourth-order valence-electron chi connectivity index (χ4n) is 2.20. The number of alkyl halides is 2. The lowest BCUT2D eigenvalue weighted by molar-refractivity contribution is 0.114. The highest BCUT2D eigenvalue weighted by Crippen LogP contribution is 2.37. The van der Waals surface area contributed by atoms with Crippen molar-refractivity contribution in [3.05, 3.63) is 46.7 Å². The van der Waals surface area contributed by atoms with Crippen molar-refractivity contribution in [1.29, 1.82) is 0 Å². The Balaban J connectivity index is 2.54. The van der Waals surface area contributed by atoms with Crippen LogP contribution in [0.4, 0.5) is 30.7 Å². The maximum absolute atomic E-state index is 14.0. The molecule has 0 amide bonds. The van der Waals surface area contributed by atoms with Crippen molar-refractivity contribution in [2.24, 2.45) is 0 Å². The first kappa shape index (κ1) is 17.4. The third-order valence-corrected chi connectivity index (χ3v) is 3.49. The van der Waals surface area contributed by atoms with Gasteiger partial charge in [-0.25, -0.2) is 30.7 Å². The SMILES string of the molecule is COc1cc(F)c(F)c(BC2=C(F)C(F)C(C)(F)C=C2F)c1F. The summed E-state index contributed by atoms with van der Waals surface area (Å²) in [4.78, 5) is 0. The third kappa shape index (κ3) is 2.96. The number of ether oxygens (including phenoxy) is 1. The standard InChI is InChI=1S/C14H10BF7O/c1-14(22)4-6(17)8(12(20)13(14)21)15-9-10(18)5(16)3-7(23-2)11(9)19/h3-4,13,15H,1-2H3. The second-order valence-electron chi connectivity index (χ2n) is 5.18. The van der Waals surface area contributed by atoms with Crippen LogP contribution < -0.4 is 10.2 Å². The second kappa shape index (κ2) is 5.94. The van der Waals surface area contributed by atoms with Crippen molar-refractivity contribution < 1.29 is 35.5 Å². The Morgan fingerprint density at radius 1 is 1.13 bits per heavy atom. The Hall–Kier alpha value is -1.93. The predicted octanol–water partition coefficient (Wildman–Crippen LogP) is 3.29. The Labute approximate surface area is 127 Å². The molecule has 0 saturated carbocycles. The van der Waals surface area contributed by atoms with Crippen molar-refractivity contribution >= 4 is 12.7 Å². The molecule has 0 N–H and O–H groups in total. The molecule has 124 valence electrons. The summed E-state index contributed by atoms with van der Waals surface area (Å²) < 4.78 is 100. The number of allylic oxidation sites excluding steroid dienone is 4. The number of methoxy groups -OCH3 is 1. The van der Waals surface area contributed by atoms with Gasteiger partial charge in [-0.1, -0.05) is 0 Å². The summed E-state index contributed by atoms with van der Waals surface area (Å²) in [6, 6.07) is 0.419. The molecule has 1 aliphatic carbocycles. The van der Waals surface area contributed by atoms with Crippen LogP contribution in [-0.4, -0.2) is 26.2 Å². The number of hydrogen-bond donors (Lipinski definition) is 0. The van der Waals surface area contributed by atoms with Gasteiger partial charge in [0.05, 0.1) is 7.11 Å². The Kier molecular flexibility index (Phi) is 4.50. The van der Waals surface area contributed by atoms with E-state index in [1.54, 1.807) is 0 Å². The van der Waals surface area contributed by atoms with Crippen LogP contribution in [0.25, 0.3) is 0 Å². The van der Waals surface area contributed by atoms with E-state index in [1.807, 2.05) is 0 Å². The van der Waals surface area contributed by atoms with Gasteiger partial charge in [-0.15, -0.1) is 0 Å². The van der Waals surface area contributed by atoms with Gasteiger partial charge in [-0.2, -0.15) is 0 Å². The van der Waals surface area contributed by atoms with E-state index < -0.39 is 64.9 Å². The van der Waals surface area contributed by atoms with E-state index in [0.717, 1.165) is 7.11 Å². The molecule has 0 radical (unpaired) electrons. The normalized spacial score (nSPS) is 24.6. The van der Waals surface area contributed by atoms with Crippen molar-refractivity contribution in [3.63, 3.8) is 0 Å². The molecule has 0 spiro atoms. The van der Waals surface area contributed by atoms with E-state index in [4.69, 9.17) is 0 Å². The summed E-state index contributed by atoms with van der Waals surface area (Å²) in [5.41, 5.74) is -5.07. The average Bonchev–Trinajstić information content (AvgIpc) is 2.47. The largest absolute Gasteiger partial charge is 0.494 e. The molecule has 23 heavy (non-hydrogen) atoms. The maximum atomic E-state index is 14.0. The average molecular weight is 338 g/mol. The molecule has 0 aromatic heterocycles. The van der Waals surface area contributed by atoms with E-state index in [2.05, 4.69) is 4.74 Å². The minimum atomic E-state index is -2.94. The van der Waals surface area contributed by atoms with Crippen LogP contribution in [0, 0.1) is 17.5 Å². The number of rotatable bonds is 3. The molecule has 2 rings (SSSR count). The highest BCUT2D eigenvalue weighted by molar-refractivity contribution is 6.62. The Morgan fingerprint density at radius 2 is 1.74 bits per heavy atom. The molecule has 1 aromatic carbocycles. The highest BCUT2D eigenvalue weighted by atomic mass is 19.2. The highest BCUT2D eigenvalue weighted by Gasteiger charge is 2.43. The molecule has 9 heteroatoms. The van der Waals surface area contributed by atoms with Crippen LogP contribution in [0.2, 0.25) is 0 Å². The van der Waals surface area contributed by atoms with E-state index >= 15 is 0 Å². The van der Waals surface area contributed by atoms with Crippen molar-refractivity contribution in [1.82, 2.24) is 0 Å². The van der Waals surface area contributed by atoms with Gasteiger partial charge < -0.3 is 4.74 Å². The topological polar surface area (TPSA) is 9.23 Å². The van der Waals surface area contributed by atoms with Crippen LogP contribution in [0.5, 0.6) is 5.75 Å². The lowest BCUT2D eigenvalue weighted by Crippen LogP contribution is -2.37. The molecular formula is C14H10BF7O. The first-order chi connectivity index (χ1) is 10.6. The summed E-state index contributed by atoms with van der Waals surface area (Å²) in [6.45, 7) is 0.611. The van der Waals surface area contributed by atoms with Gasteiger partial charge in [0.15, 0.2) is 35.0 Å². The zero-order valence-electron chi connectivity index (χ0n) is 12.0. The zero-order valence-corrected chi connectivity index (χ0v) is 12.0. The van der Waals surface area contributed by atoms with Crippen molar-refractivity contribution in [2.75, 3.05) is 7.11 Å². The van der Waals surface area contributed by atoms with Gasteiger partial charge in [0, 0.05) is 6.07 Å². The van der Waals surface area contributed by atoms with E-state index in [0.29, 0.717) is 13.0 Å². The Bertz CT molecular complexity index is 712. The van der Waals surface area contributed by atoms with Crippen LogP contribution in [0.1, 0.15) is 6.92 Å². The monoisotopic (exact) mass is 338 g/mol. The van der Waals surface area contributed by atoms with Crippen molar-refractivity contribution in [2.45, 2.75) is 18.8 Å². The number of benzene rings is 1. The molecule has 2 unspecified atom stereocenters. The number of halogens is 7. The van der Waals surface area contributed by atoms with Gasteiger partial charge in [0.2, 0.25) is 7.28 Å². The van der Waals surface area contributed by atoms with Crippen LogP contribution in [-0.2, 0) is 0 Å². The van der Waals surface area contributed by atoms with Gasteiger partial charge in [-0.3, -0.25) is 0 Å². The minimum Gasteiger partial charge on any atom is -0.494 e. The summed E-state index contributed by atoms with van der Waals surface area (Å²) in [5.74, 6) is -8.62. The van der Waals surface area contributed by atoms with Crippen LogP contribution in [0.15, 0.2) is 29.3 Å².